The molecule has 0 unspecified atom stereocenters. The van der Waals surface area contributed by atoms with Gasteiger partial charge in [-0.1, -0.05) is 47.5 Å². The summed E-state index contributed by atoms with van der Waals surface area (Å²) in [7, 11) is -1.60. The standard InChI is InChI=1S/C17H29NSi/c1-12(2)19(13(3)4,14(5)6)10-9-17-11-15(7)18-16(17)8/h11-14,18H,1-8H3. The highest BCUT2D eigenvalue weighted by atomic mass is 28.3. The topological polar surface area (TPSA) is 15.8 Å². The average Bonchev–Trinajstić information content (AvgIpc) is 2.56. The van der Waals surface area contributed by atoms with Crippen LogP contribution in [0.2, 0.25) is 16.6 Å². The smallest absolute Gasteiger partial charge is 0.146 e. The summed E-state index contributed by atoms with van der Waals surface area (Å²) in [6.07, 6.45) is 0. The lowest BCUT2D eigenvalue weighted by molar-refractivity contribution is 0.838. The molecule has 0 aliphatic rings. The minimum atomic E-state index is -1.60. The lowest BCUT2D eigenvalue weighted by Gasteiger charge is -2.38. The third kappa shape index (κ3) is 3.15. The van der Waals surface area contributed by atoms with Crippen LogP contribution >= 0.6 is 0 Å². The summed E-state index contributed by atoms with van der Waals surface area (Å²) in [6.45, 7) is 18.3. The van der Waals surface area contributed by atoms with Gasteiger partial charge in [0, 0.05) is 17.0 Å². The van der Waals surface area contributed by atoms with E-state index in [9.17, 15) is 0 Å². The van der Waals surface area contributed by atoms with Crippen LogP contribution in [0.4, 0.5) is 0 Å². The Hall–Kier alpha value is -0.943. The van der Waals surface area contributed by atoms with Crippen LogP contribution in [0.25, 0.3) is 0 Å². The summed E-state index contributed by atoms with van der Waals surface area (Å²) in [4.78, 5) is 3.34. The molecule has 0 spiro atoms. The molecule has 2 heteroatoms. The molecule has 106 valence electrons. The van der Waals surface area contributed by atoms with Crippen molar-refractivity contribution in [1.29, 1.82) is 0 Å². The van der Waals surface area contributed by atoms with Crippen molar-refractivity contribution >= 4 is 8.07 Å². The fourth-order valence-electron chi connectivity index (χ4n) is 3.46. The predicted octanol–water partition coefficient (Wildman–Crippen LogP) is 5.20. The first kappa shape index (κ1) is 16.1. The Kier molecular flexibility index (Phi) is 5.09. The van der Waals surface area contributed by atoms with Crippen molar-refractivity contribution in [3.63, 3.8) is 0 Å². The minimum Gasteiger partial charge on any atom is -0.362 e. The highest BCUT2D eigenvalue weighted by Gasteiger charge is 2.41. The summed E-state index contributed by atoms with van der Waals surface area (Å²) in [5.74, 6) is 3.50. The molecular weight excluding hydrogens is 246 g/mol. The monoisotopic (exact) mass is 275 g/mol. The van der Waals surface area contributed by atoms with Crippen molar-refractivity contribution in [3.05, 3.63) is 23.0 Å². The number of hydrogen-bond donors (Lipinski definition) is 1. The molecule has 0 aromatic carbocycles. The predicted molar refractivity (Wildman–Crippen MR) is 88.2 cm³/mol. The second kappa shape index (κ2) is 6.01. The largest absolute Gasteiger partial charge is 0.362 e. The van der Waals surface area contributed by atoms with Gasteiger partial charge >= 0.3 is 0 Å². The molecule has 0 amide bonds. The summed E-state index contributed by atoms with van der Waals surface area (Å²) in [6, 6.07) is 2.17. The quantitative estimate of drug-likeness (QED) is 0.576. The van der Waals surface area contributed by atoms with Crippen molar-refractivity contribution in [2.45, 2.75) is 72.0 Å². The zero-order valence-electron chi connectivity index (χ0n) is 13.8. The molecule has 1 heterocycles. The molecule has 0 saturated heterocycles. The van der Waals surface area contributed by atoms with Crippen LogP contribution in [0.15, 0.2) is 6.07 Å². The number of aryl methyl sites for hydroxylation is 2. The van der Waals surface area contributed by atoms with Crippen LogP contribution in [-0.2, 0) is 0 Å². The van der Waals surface area contributed by atoms with Crippen molar-refractivity contribution < 1.29 is 0 Å². The van der Waals surface area contributed by atoms with Gasteiger partial charge in [-0.05, 0) is 36.5 Å². The summed E-state index contributed by atoms with van der Waals surface area (Å²) < 4.78 is 0. The first-order valence-electron chi connectivity index (χ1n) is 7.41. The van der Waals surface area contributed by atoms with Crippen LogP contribution in [0.5, 0.6) is 0 Å². The Bertz CT molecular complexity index is 461. The summed E-state index contributed by atoms with van der Waals surface area (Å²) >= 11 is 0. The van der Waals surface area contributed by atoms with Gasteiger partial charge in [-0.15, -0.1) is 5.54 Å². The molecule has 1 nitrogen and oxygen atoms in total. The fraction of sp³-hybridized carbons (Fsp3) is 0.647. The highest BCUT2D eigenvalue weighted by molar-refractivity contribution is 6.90. The van der Waals surface area contributed by atoms with Crippen molar-refractivity contribution in [2.24, 2.45) is 0 Å². The molecule has 0 radical (unpaired) electrons. The second-order valence-electron chi connectivity index (χ2n) is 6.64. The third-order valence-electron chi connectivity index (χ3n) is 4.43. The van der Waals surface area contributed by atoms with E-state index in [1.807, 2.05) is 0 Å². The van der Waals surface area contributed by atoms with E-state index in [-0.39, 0.29) is 0 Å². The number of nitrogens with one attached hydrogen (secondary N) is 1. The fourth-order valence-corrected chi connectivity index (χ4v) is 8.68. The lowest BCUT2D eigenvalue weighted by Crippen LogP contribution is -2.43. The van der Waals surface area contributed by atoms with Crippen LogP contribution in [0.1, 0.15) is 58.5 Å². The maximum Gasteiger partial charge on any atom is 0.146 e. The number of aromatic nitrogens is 1. The molecule has 1 aromatic heterocycles. The van der Waals surface area contributed by atoms with E-state index in [0.29, 0.717) is 16.6 Å². The van der Waals surface area contributed by atoms with Crippen molar-refractivity contribution in [2.75, 3.05) is 0 Å². The van der Waals surface area contributed by atoms with E-state index < -0.39 is 8.07 Å². The van der Waals surface area contributed by atoms with Gasteiger partial charge in [0.15, 0.2) is 0 Å². The molecule has 0 aliphatic heterocycles. The first-order chi connectivity index (χ1) is 8.71. The van der Waals surface area contributed by atoms with E-state index in [1.165, 1.54) is 17.0 Å². The molecule has 1 N–H and O–H groups in total. The zero-order chi connectivity index (χ0) is 14.8. The summed E-state index contributed by atoms with van der Waals surface area (Å²) in [5, 5.41) is 0. The molecule has 1 rings (SSSR count). The van der Waals surface area contributed by atoms with Crippen LogP contribution < -0.4 is 0 Å². The maximum atomic E-state index is 3.77. The number of aromatic amines is 1. The van der Waals surface area contributed by atoms with Gasteiger partial charge in [-0.2, -0.15) is 0 Å². The van der Waals surface area contributed by atoms with Gasteiger partial charge in [0.05, 0.1) is 0 Å². The number of rotatable bonds is 3. The molecule has 0 atom stereocenters. The molecule has 0 fully saturated rings. The minimum absolute atomic E-state index is 0.695. The third-order valence-corrected chi connectivity index (χ3v) is 10.7. The molecule has 1 aromatic rings. The van der Waals surface area contributed by atoms with Crippen molar-refractivity contribution in [3.8, 4) is 11.5 Å². The maximum absolute atomic E-state index is 3.77. The molecule has 0 saturated carbocycles. The van der Waals surface area contributed by atoms with E-state index in [2.05, 4.69) is 77.9 Å². The number of H-pyrrole nitrogens is 1. The molecule has 0 bridgehead atoms. The van der Waals surface area contributed by atoms with Gasteiger partial charge in [0.2, 0.25) is 0 Å². The van der Waals surface area contributed by atoms with E-state index in [4.69, 9.17) is 0 Å². The Morgan fingerprint density at radius 3 is 1.74 bits per heavy atom. The van der Waals surface area contributed by atoms with Gasteiger partial charge in [-0.25, -0.2) is 0 Å². The van der Waals surface area contributed by atoms with E-state index in [0.717, 1.165) is 0 Å². The van der Waals surface area contributed by atoms with Crippen LogP contribution in [0, 0.1) is 25.3 Å². The van der Waals surface area contributed by atoms with E-state index in [1.54, 1.807) is 0 Å². The average molecular weight is 276 g/mol. The normalized spacial score (nSPS) is 12.2. The highest BCUT2D eigenvalue weighted by Crippen LogP contribution is 2.40. The summed E-state index contributed by atoms with van der Waals surface area (Å²) in [5.41, 5.74) is 9.43. The van der Waals surface area contributed by atoms with Crippen LogP contribution in [0.3, 0.4) is 0 Å². The Labute approximate surface area is 120 Å². The van der Waals surface area contributed by atoms with Gasteiger partial charge < -0.3 is 4.98 Å². The van der Waals surface area contributed by atoms with Gasteiger partial charge in [0.25, 0.3) is 0 Å². The Balaban J connectivity index is 3.27. The molecule has 19 heavy (non-hydrogen) atoms. The number of hydrogen-bond acceptors (Lipinski definition) is 0. The van der Waals surface area contributed by atoms with Gasteiger partial charge in [0.1, 0.15) is 8.07 Å². The SMILES string of the molecule is Cc1cc(C#C[Si](C(C)C)(C(C)C)C(C)C)c(C)[nH]1. The lowest BCUT2D eigenvalue weighted by atomic mass is 10.2. The van der Waals surface area contributed by atoms with Crippen molar-refractivity contribution in [1.82, 2.24) is 4.98 Å². The molecular formula is C17H29NSi. The second-order valence-corrected chi connectivity index (χ2v) is 12.2. The Morgan fingerprint density at radius 2 is 1.42 bits per heavy atom. The van der Waals surface area contributed by atoms with Gasteiger partial charge in [-0.3, -0.25) is 0 Å². The molecule has 0 aliphatic carbocycles. The zero-order valence-corrected chi connectivity index (χ0v) is 14.8. The van der Waals surface area contributed by atoms with E-state index >= 15 is 0 Å². The first-order valence-corrected chi connectivity index (χ1v) is 9.64. The Morgan fingerprint density at radius 1 is 0.947 bits per heavy atom. The van der Waals surface area contributed by atoms with Crippen LogP contribution in [-0.4, -0.2) is 13.1 Å².